The molecule has 0 aliphatic carbocycles. The maximum atomic E-state index is 13.1. The third-order valence-electron chi connectivity index (χ3n) is 6.15. The predicted octanol–water partition coefficient (Wildman–Crippen LogP) is 4.19. The molecule has 2 aromatic carbocycles. The van der Waals surface area contributed by atoms with Crippen LogP contribution < -0.4 is 15.2 Å². The molecule has 0 saturated heterocycles. The fourth-order valence-electron chi connectivity index (χ4n) is 4.15. The Bertz CT molecular complexity index is 1050. The number of methoxy groups -OCH3 is 2. The summed E-state index contributed by atoms with van der Waals surface area (Å²) >= 11 is 0. The first-order chi connectivity index (χ1) is 14.9. The molecule has 0 bridgehead atoms. The van der Waals surface area contributed by atoms with Crippen molar-refractivity contribution < 1.29 is 18.7 Å². The normalized spacial score (nSPS) is 15.6. The van der Waals surface area contributed by atoms with Gasteiger partial charge in [0.1, 0.15) is 11.3 Å². The highest BCUT2D eigenvalue weighted by molar-refractivity contribution is 5.97. The minimum absolute atomic E-state index is 0.0234. The Balaban J connectivity index is 1.37. The zero-order valence-electron chi connectivity index (χ0n) is 18.4. The number of amides is 1. The molecule has 1 aliphatic heterocycles. The van der Waals surface area contributed by atoms with E-state index in [9.17, 15) is 4.79 Å². The number of benzene rings is 2. The molecule has 1 atom stereocenters. The molecular weight excluding hydrogens is 392 g/mol. The van der Waals surface area contributed by atoms with Gasteiger partial charge in [0.15, 0.2) is 11.5 Å². The number of para-hydroxylation sites is 1. The Morgan fingerprint density at radius 1 is 1.10 bits per heavy atom. The summed E-state index contributed by atoms with van der Waals surface area (Å²) in [6, 6.07) is 13.8. The largest absolute Gasteiger partial charge is 0.493 e. The van der Waals surface area contributed by atoms with Crippen molar-refractivity contribution in [1.29, 1.82) is 0 Å². The standard InChI is InChI=1S/C25H30N2O4/c1-25(26,10-8-19-14-18-6-4-5-7-21(18)31-19)11-13-27-12-9-17-15-22(29-2)23(30-3)16-20(17)24(27)28/h4-7,14-16H,8-13,26H2,1-3H3. The number of furan rings is 1. The van der Waals surface area contributed by atoms with Crippen LogP contribution in [0.1, 0.15) is 41.4 Å². The molecule has 1 amide bonds. The van der Waals surface area contributed by atoms with Gasteiger partial charge >= 0.3 is 0 Å². The lowest BCUT2D eigenvalue weighted by atomic mass is 9.91. The van der Waals surface area contributed by atoms with Crippen LogP contribution in [0, 0.1) is 0 Å². The van der Waals surface area contributed by atoms with Crippen molar-refractivity contribution in [1.82, 2.24) is 4.90 Å². The van der Waals surface area contributed by atoms with Gasteiger partial charge in [-0.05, 0) is 56.0 Å². The maximum Gasteiger partial charge on any atom is 0.254 e. The molecule has 3 aromatic rings. The Morgan fingerprint density at radius 3 is 2.58 bits per heavy atom. The van der Waals surface area contributed by atoms with E-state index in [2.05, 4.69) is 6.07 Å². The van der Waals surface area contributed by atoms with Gasteiger partial charge in [0.25, 0.3) is 5.91 Å². The van der Waals surface area contributed by atoms with E-state index in [0.717, 1.165) is 48.0 Å². The number of aryl methyl sites for hydroxylation is 1. The number of carbonyl (C=O) groups excluding carboxylic acids is 1. The van der Waals surface area contributed by atoms with E-state index in [4.69, 9.17) is 19.6 Å². The lowest BCUT2D eigenvalue weighted by molar-refractivity contribution is 0.0726. The second-order valence-electron chi connectivity index (χ2n) is 8.56. The second-order valence-corrected chi connectivity index (χ2v) is 8.56. The highest BCUT2D eigenvalue weighted by Crippen LogP contribution is 2.33. The van der Waals surface area contributed by atoms with Gasteiger partial charge in [0.05, 0.1) is 14.2 Å². The van der Waals surface area contributed by atoms with E-state index in [-0.39, 0.29) is 5.91 Å². The minimum Gasteiger partial charge on any atom is -0.493 e. The van der Waals surface area contributed by atoms with Crippen molar-refractivity contribution in [2.45, 2.75) is 38.1 Å². The molecule has 0 saturated carbocycles. The van der Waals surface area contributed by atoms with Gasteiger partial charge in [-0.25, -0.2) is 0 Å². The zero-order chi connectivity index (χ0) is 22.0. The minimum atomic E-state index is -0.392. The SMILES string of the molecule is COc1cc2c(cc1OC)C(=O)N(CCC(C)(N)CCc1cc3ccccc3o1)CC2. The van der Waals surface area contributed by atoms with Gasteiger partial charge in [-0.2, -0.15) is 0 Å². The molecule has 1 aromatic heterocycles. The molecule has 0 fully saturated rings. The molecule has 1 unspecified atom stereocenters. The topological polar surface area (TPSA) is 77.9 Å². The van der Waals surface area contributed by atoms with E-state index < -0.39 is 5.54 Å². The van der Waals surface area contributed by atoms with Crippen molar-refractivity contribution in [2.75, 3.05) is 27.3 Å². The molecular formula is C25H30N2O4. The highest BCUT2D eigenvalue weighted by Gasteiger charge is 2.28. The average Bonchev–Trinajstić information content (AvgIpc) is 3.20. The fraction of sp³-hybridized carbons (Fsp3) is 0.400. The summed E-state index contributed by atoms with van der Waals surface area (Å²) < 4.78 is 16.6. The summed E-state index contributed by atoms with van der Waals surface area (Å²) in [6.07, 6.45) is 3.08. The van der Waals surface area contributed by atoms with Gasteiger partial charge in [-0.1, -0.05) is 18.2 Å². The van der Waals surface area contributed by atoms with E-state index in [1.165, 1.54) is 0 Å². The average molecular weight is 423 g/mol. The number of nitrogens with two attached hydrogens (primary N) is 1. The number of ether oxygens (including phenoxy) is 2. The number of hydrogen-bond donors (Lipinski definition) is 1. The number of hydrogen-bond acceptors (Lipinski definition) is 5. The van der Waals surface area contributed by atoms with Crippen molar-refractivity contribution in [3.8, 4) is 11.5 Å². The van der Waals surface area contributed by atoms with Crippen LogP contribution in [-0.2, 0) is 12.8 Å². The summed E-state index contributed by atoms with van der Waals surface area (Å²) in [7, 11) is 3.19. The molecule has 0 spiro atoms. The third-order valence-corrected chi connectivity index (χ3v) is 6.15. The molecule has 0 radical (unpaired) electrons. The molecule has 2 heterocycles. The van der Waals surface area contributed by atoms with Gasteiger partial charge < -0.3 is 24.5 Å². The van der Waals surface area contributed by atoms with Crippen LogP contribution in [0.15, 0.2) is 46.9 Å². The smallest absolute Gasteiger partial charge is 0.254 e. The summed E-state index contributed by atoms with van der Waals surface area (Å²) in [5, 5.41) is 1.11. The lowest BCUT2D eigenvalue weighted by Gasteiger charge is -2.32. The van der Waals surface area contributed by atoms with E-state index in [0.29, 0.717) is 30.2 Å². The number of carbonyl (C=O) groups is 1. The van der Waals surface area contributed by atoms with Gasteiger partial charge in [0, 0.05) is 36.0 Å². The van der Waals surface area contributed by atoms with Crippen LogP contribution in [0.25, 0.3) is 11.0 Å². The van der Waals surface area contributed by atoms with Gasteiger partial charge in [-0.3, -0.25) is 4.79 Å². The van der Waals surface area contributed by atoms with Crippen molar-refractivity contribution >= 4 is 16.9 Å². The van der Waals surface area contributed by atoms with E-state index in [1.807, 2.05) is 42.2 Å². The van der Waals surface area contributed by atoms with Crippen molar-refractivity contribution in [3.05, 3.63) is 59.4 Å². The Labute approximate surface area is 182 Å². The highest BCUT2D eigenvalue weighted by atomic mass is 16.5. The summed E-state index contributed by atoms with van der Waals surface area (Å²) in [6.45, 7) is 3.35. The molecule has 1 aliphatic rings. The van der Waals surface area contributed by atoms with Crippen LogP contribution in [0.2, 0.25) is 0 Å². The van der Waals surface area contributed by atoms with E-state index >= 15 is 0 Å². The van der Waals surface area contributed by atoms with Crippen molar-refractivity contribution in [3.63, 3.8) is 0 Å². The van der Waals surface area contributed by atoms with Crippen LogP contribution in [-0.4, -0.2) is 43.7 Å². The fourth-order valence-corrected chi connectivity index (χ4v) is 4.15. The lowest BCUT2D eigenvalue weighted by Crippen LogP contribution is -2.44. The second kappa shape index (κ2) is 8.63. The first kappa shape index (κ1) is 21.2. The summed E-state index contributed by atoms with van der Waals surface area (Å²) in [4.78, 5) is 14.9. The first-order valence-electron chi connectivity index (χ1n) is 10.7. The van der Waals surface area contributed by atoms with Crippen molar-refractivity contribution in [2.24, 2.45) is 5.73 Å². The number of fused-ring (bicyclic) bond motifs is 2. The quantitative estimate of drug-likeness (QED) is 0.589. The molecule has 4 rings (SSSR count). The van der Waals surface area contributed by atoms with Crippen LogP contribution >= 0.6 is 0 Å². The zero-order valence-corrected chi connectivity index (χ0v) is 18.4. The molecule has 31 heavy (non-hydrogen) atoms. The first-order valence-corrected chi connectivity index (χ1v) is 10.7. The van der Waals surface area contributed by atoms with Gasteiger partial charge in [-0.15, -0.1) is 0 Å². The Hall–Kier alpha value is -2.99. The van der Waals surface area contributed by atoms with Crippen LogP contribution in [0.5, 0.6) is 11.5 Å². The molecule has 2 N–H and O–H groups in total. The maximum absolute atomic E-state index is 13.1. The van der Waals surface area contributed by atoms with Crippen LogP contribution in [0.3, 0.4) is 0 Å². The Morgan fingerprint density at radius 2 is 1.84 bits per heavy atom. The molecule has 164 valence electrons. The number of rotatable bonds is 8. The molecule has 6 nitrogen and oxygen atoms in total. The Kier molecular flexibility index (Phi) is 5.92. The van der Waals surface area contributed by atoms with Crippen LogP contribution in [0.4, 0.5) is 0 Å². The third kappa shape index (κ3) is 4.54. The summed E-state index contributed by atoms with van der Waals surface area (Å²) in [5.74, 6) is 2.20. The predicted molar refractivity (Wildman–Crippen MR) is 121 cm³/mol. The summed E-state index contributed by atoms with van der Waals surface area (Å²) in [5.41, 5.74) is 8.78. The molecule has 6 heteroatoms. The number of nitrogens with zero attached hydrogens (tertiary/aromatic N) is 1. The van der Waals surface area contributed by atoms with Gasteiger partial charge in [0.2, 0.25) is 0 Å². The monoisotopic (exact) mass is 422 g/mol. The van der Waals surface area contributed by atoms with E-state index in [1.54, 1.807) is 20.3 Å².